The lowest BCUT2D eigenvalue weighted by Gasteiger charge is -2.13. The minimum absolute atomic E-state index is 0.371. The van der Waals surface area contributed by atoms with Gasteiger partial charge >= 0.3 is 0 Å². The van der Waals surface area contributed by atoms with Crippen molar-refractivity contribution in [1.82, 2.24) is 10.3 Å². The largest absolute Gasteiger partial charge is 0.380 e. The topological polar surface area (TPSA) is 34.2 Å². The molecule has 17 heavy (non-hydrogen) atoms. The van der Waals surface area contributed by atoms with Gasteiger partial charge in [0.05, 0.1) is 17.8 Å². The zero-order valence-electron chi connectivity index (χ0n) is 11.3. The van der Waals surface area contributed by atoms with Gasteiger partial charge in [0.15, 0.2) is 0 Å². The average molecular weight is 256 g/mol. The van der Waals surface area contributed by atoms with Crippen molar-refractivity contribution in [2.24, 2.45) is 5.92 Å². The molecule has 0 aromatic carbocycles. The third-order valence-corrected chi connectivity index (χ3v) is 3.83. The second kappa shape index (κ2) is 7.80. The van der Waals surface area contributed by atoms with Crippen molar-refractivity contribution in [1.29, 1.82) is 0 Å². The van der Waals surface area contributed by atoms with Crippen LogP contribution in [0.3, 0.4) is 0 Å². The van der Waals surface area contributed by atoms with Crippen molar-refractivity contribution in [3.63, 3.8) is 0 Å². The third kappa shape index (κ3) is 5.61. The maximum Gasteiger partial charge on any atom is 0.0798 e. The molecule has 0 saturated heterocycles. The van der Waals surface area contributed by atoms with Gasteiger partial charge in [0.1, 0.15) is 0 Å². The maximum absolute atomic E-state index is 5.57. The van der Waals surface area contributed by atoms with Gasteiger partial charge in [0, 0.05) is 24.1 Å². The Morgan fingerprint density at radius 3 is 2.71 bits per heavy atom. The maximum atomic E-state index is 5.57. The minimum atomic E-state index is 0.371. The normalized spacial score (nSPS) is 13.2. The first-order valence-electron chi connectivity index (χ1n) is 6.32. The van der Waals surface area contributed by atoms with Crippen LogP contribution in [-0.2, 0) is 4.74 Å². The van der Waals surface area contributed by atoms with E-state index in [1.165, 1.54) is 4.88 Å². The molecule has 0 aliphatic heterocycles. The number of ether oxygens (including phenoxy) is 1. The lowest BCUT2D eigenvalue weighted by Crippen LogP contribution is -2.23. The molecule has 0 saturated carbocycles. The summed E-state index contributed by atoms with van der Waals surface area (Å²) in [6.07, 6.45) is 1.14. The number of nitrogens with zero attached hydrogens (tertiary/aromatic N) is 1. The first-order chi connectivity index (χ1) is 8.11. The van der Waals surface area contributed by atoms with Gasteiger partial charge in [-0.15, -0.1) is 11.3 Å². The van der Waals surface area contributed by atoms with Crippen LogP contribution in [0.2, 0.25) is 0 Å². The molecule has 0 fully saturated rings. The van der Waals surface area contributed by atoms with Crippen LogP contribution >= 0.6 is 11.3 Å². The SMILES string of the molecule is Cc1ncsc1C(C)NCCOCCC(C)C. The number of hydrogen-bond donors (Lipinski definition) is 1. The van der Waals surface area contributed by atoms with Gasteiger partial charge in [-0.2, -0.15) is 0 Å². The number of rotatable bonds is 8. The van der Waals surface area contributed by atoms with Crippen LogP contribution in [-0.4, -0.2) is 24.7 Å². The molecule has 0 aliphatic rings. The molecule has 1 aromatic rings. The molecule has 1 heterocycles. The van der Waals surface area contributed by atoms with Gasteiger partial charge in [-0.25, -0.2) is 4.98 Å². The molecule has 1 aromatic heterocycles. The van der Waals surface area contributed by atoms with E-state index >= 15 is 0 Å². The van der Waals surface area contributed by atoms with Crippen LogP contribution in [0.15, 0.2) is 5.51 Å². The van der Waals surface area contributed by atoms with E-state index in [1.807, 2.05) is 5.51 Å². The van der Waals surface area contributed by atoms with Gasteiger partial charge in [-0.1, -0.05) is 13.8 Å². The van der Waals surface area contributed by atoms with Crippen molar-refractivity contribution in [3.8, 4) is 0 Å². The second-order valence-electron chi connectivity index (χ2n) is 4.77. The quantitative estimate of drug-likeness (QED) is 0.725. The average Bonchev–Trinajstić information content (AvgIpc) is 2.69. The molecular weight excluding hydrogens is 232 g/mol. The fraction of sp³-hybridized carbons (Fsp3) is 0.769. The van der Waals surface area contributed by atoms with Gasteiger partial charge in [0.2, 0.25) is 0 Å². The van der Waals surface area contributed by atoms with Crippen LogP contribution in [0, 0.1) is 12.8 Å². The summed E-state index contributed by atoms with van der Waals surface area (Å²) in [5.41, 5.74) is 3.04. The van der Waals surface area contributed by atoms with Gasteiger partial charge in [-0.3, -0.25) is 0 Å². The van der Waals surface area contributed by atoms with Gasteiger partial charge in [0.25, 0.3) is 0 Å². The number of hydrogen-bond acceptors (Lipinski definition) is 4. The fourth-order valence-electron chi connectivity index (χ4n) is 1.59. The van der Waals surface area contributed by atoms with E-state index < -0.39 is 0 Å². The van der Waals surface area contributed by atoms with Gasteiger partial charge in [-0.05, 0) is 26.2 Å². The lowest BCUT2D eigenvalue weighted by atomic mass is 10.1. The Labute approximate surface area is 109 Å². The summed E-state index contributed by atoms with van der Waals surface area (Å²) in [6, 6.07) is 0.371. The molecule has 1 unspecified atom stereocenters. The smallest absolute Gasteiger partial charge is 0.0798 e. The third-order valence-electron chi connectivity index (χ3n) is 2.71. The summed E-state index contributed by atoms with van der Waals surface area (Å²) in [5, 5.41) is 3.46. The second-order valence-corrected chi connectivity index (χ2v) is 5.66. The highest BCUT2D eigenvalue weighted by molar-refractivity contribution is 7.09. The standard InChI is InChI=1S/C13H24N2OS/c1-10(2)5-7-16-8-6-14-11(3)13-12(4)15-9-17-13/h9-11,14H,5-8H2,1-4H3. The number of aromatic nitrogens is 1. The van der Waals surface area contributed by atoms with Crippen molar-refractivity contribution >= 4 is 11.3 Å². The summed E-state index contributed by atoms with van der Waals surface area (Å²) < 4.78 is 5.57. The Morgan fingerprint density at radius 2 is 2.12 bits per heavy atom. The molecule has 0 bridgehead atoms. The summed E-state index contributed by atoms with van der Waals surface area (Å²) in [6.45, 7) is 11.2. The monoisotopic (exact) mass is 256 g/mol. The minimum Gasteiger partial charge on any atom is -0.380 e. The number of aryl methyl sites for hydroxylation is 1. The van der Waals surface area contributed by atoms with Crippen LogP contribution in [0.5, 0.6) is 0 Å². The Hall–Kier alpha value is -0.450. The molecule has 0 spiro atoms. The molecule has 0 aliphatic carbocycles. The predicted octanol–water partition coefficient (Wildman–Crippen LogP) is 3.16. The van der Waals surface area contributed by atoms with Crippen LogP contribution in [0.1, 0.15) is 43.8 Å². The Morgan fingerprint density at radius 1 is 1.35 bits per heavy atom. The highest BCUT2D eigenvalue weighted by atomic mass is 32.1. The van der Waals surface area contributed by atoms with Crippen molar-refractivity contribution in [2.75, 3.05) is 19.8 Å². The zero-order chi connectivity index (χ0) is 12.7. The van der Waals surface area contributed by atoms with Crippen molar-refractivity contribution in [2.45, 2.75) is 40.2 Å². The Balaban J connectivity index is 2.09. The lowest BCUT2D eigenvalue weighted by molar-refractivity contribution is 0.124. The molecule has 4 heteroatoms. The van der Waals surface area contributed by atoms with Crippen molar-refractivity contribution in [3.05, 3.63) is 16.1 Å². The van der Waals surface area contributed by atoms with Crippen LogP contribution in [0.4, 0.5) is 0 Å². The van der Waals surface area contributed by atoms with Crippen molar-refractivity contribution < 1.29 is 4.74 Å². The highest BCUT2D eigenvalue weighted by Crippen LogP contribution is 2.20. The first-order valence-corrected chi connectivity index (χ1v) is 7.20. The molecule has 1 rings (SSSR count). The summed E-state index contributed by atoms with van der Waals surface area (Å²) >= 11 is 1.72. The molecule has 0 radical (unpaired) electrons. The predicted molar refractivity (Wildman–Crippen MR) is 73.5 cm³/mol. The fourth-order valence-corrected chi connectivity index (χ4v) is 2.42. The zero-order valence-corrected chi connectivity index (χ0v) is 12.1. The van der Waals surface area contributed by atoms with E-state index in [9.17, 15) is 0 Å². The van der Waals surface area contributed by atoms with E-state index in [0.717, 1.165) is 37.8 Å². The molecule has 3 nitrogen and oxygen atoms in total. The molecule has 98 valence electrons. The summed E-state index contributed by atoms with van der Waals surface area (Å²) in [7, 11) is 0. The highest BCUT2D eigenvalue weighted by Gasteiger charge is 2.09. The van der Waals surface area contributed by atoms with E-state index in [2.05, 4.69) is 38.0 Å². The molecule has 1 N–H and O–H groups in total. The Kier molecular flexibility index (Phi) is 6.70. The molecule has 1 atom stereocenters. The summed E-state index contributed by atoms with van der Waals surface area (Å²) in [5.74, 6) is 0.724. The van der Waals surface area contributed by atoms with E-state index in [0.29, 0.717) is 6.04 Å². The Bertz CT molecular complexity index is 312. The van der Waals surface area contributed by atoms with Crippen LogP contribution < -0.4 is 5.32 Å². The number of thiazole rings is 1. The van der Waals surface area contributed by atoms with E-state index in [1.54, 1.807) is 11.3 Å². The summed E-state index contributed by atoms with van der Waals surface area (Å²) in [4.78, 5) is 5.59. The van der Waals surface area contributed by atoms with Gasteiger partial charge < -0.3 is 10.1 Å². The van der Waals surface area contributed by atoms with Crippen LogP contribution in [0.25, 0.3) is 0 Å². The first kappa shape index (κ1) is 14.6. The molecular formula is C13H24N2OS. The van der Waals surface area contributed by atoms with E-state index in [4.69, 9.17) is 4.74 Å². The molecule has 0 amide bonds. The van der Waals surface area contributed by atoms with E-state index in [-0.39, 0.29) is 0 Å². The number of nitrogens with one attached hydrogen (secondary N) is 1.